The van der Waals surface area contributed by atoms with Crippen LogP contribution >= 0.6 is 11.8 Å². The lowest BCUT2D eigenvalue weighted by Crippen LogP contribution is -2.39. The van der Waals surface area contributed by atoms with Gasteiger partial charge in [-0.15, -0.1) is 11.8 Å². The van der Waals surface area contributed by atoms with E-state index in [1.807, 2.05) is 25.1 Å². The lowest BCUT2D eigenvalue weighted by molar-refractivity contribution is 0.0748. The molecule has 0 spiro atoms. The van der Waals surface area contributed by atoms with Crippen LogP contribution in [0.25, 0.3) is 0 Å². The molecule has 0 bridgehead atoms. The van der Waals surface area contributed by atoms with E-state index in [-0.39, 0.29) is 11.9 Å². The van der Waals surface area contributed by atoms with E-state index in [9.17, 15) is 4.79 Å². The summed E-state index contributed by atoms with van der Waals surface area (Å²) in [4.78, 5) is 15.5. The van der Waals surface area contributed by atoms with Gasteiger partial charge in [-0.05, 0) is 50.1 Å². The SMILES string of the molecule is Cc1ccc(SCc2cccc(C(=O)N(C)C(C)CN)c2)c(C)c1. The van der Waals surface area contributed by atoms with Crippen LogP contribution < -0.4 is 5.73 Å². The molecule has 0 aliphatic heterocycles. The summed E-state index contributed by atoms with van der Waals surface area (Å²) in [6, 6.07) is 14.4. The molecule has 4 heteroatoms. The van der Waals surface area contributed by atoms with Crippen LogP contribution in [0.5, 0.6) is 0 Å². The Morgan fingerprint density at radius 1 is 1.21 bits per heavy atom. The second-order valence-corrected chi connectivity index (χ2v) is 7.28. The van der Waals surface area contributed by atoms with Crippen molar-refractivity contribution < 1.29 is 4.79 Å². The van der Waals surface area contributed by atoms with Gasteiger partial charge in [0, 0.05) is 35.8 Å². The van der Waals surface area contributed by atoms with Gasteiger partial charge in [0.25, 0.3) is 5.91 Å². The molecule has 0 heterocycles. The monoisotopic (exact) mass is 342 g/mol. The summed E-state index contributed by atoms with van der Waals surface area (Å²) < 4.78 is 0. The third kappa shape index (κ3) is 4.62. The quantitative estimate of drug-likeness (QED) is 0.807. The molecule has 2 rings (SSSR count). The fourth-order valence-electron chi connectivity index (χ4n) is 2.48. The predicted molar refractivity (Wildman–Crippen MR) is 103 cm³/mol. The molecule has 0 fully saturated rings. The summed E-state index contributed by atoms with van der Waals surface area (Å²) in [6.07, 6.45) is 0. The van der Waals surface area contributed by atoms with Crippen LogP contribution in [-0.4, -0.2) is 30.4 Å². The van der Waals surface area contributed by atoms with Gasteiger partial charge in [0.05, 0.1) is 0 Å². The van der Waals surface area contributed by atoms with Crippen LogP contribution in [0.4, 0.5) is 0 Å². The van der Waals surface area contributed by atoms with Gasteiger partial charge in [-0.1, -0.05) is 29.8 Å². The highest BCUT2D eigenvalue weighted by Crippen LogP contribution is 2.27. The van der Waals surface area contributed by atoms with E-state index >= 15 is 0 Å². The van der Waals surface area contributed by atoms with Gasteiger partial charge < -0.3 is 10.6 Å². The molecule has 2 aromatic carbocycles. The second kappa shape index (κ2) is 8.36. The van der Waals surface area contributed by atoms with Crippen molar-refractivity contribution in [2.45, 2.75) is 37.5 Å². The summed E-state index contributed by atoms with van der Waals surface area (Å²) in [5, 5.41) is 0. The highest BCUT2D eigenvalue weighted by Gasteiger charge is 2.16. The van der Waals surface area contributed by atoms with Crippen LogP contribution in [0, 0.1) is 13.8 Å². The summed E-state index contributed by atoms with van der Waals surface area (Å²) in [5.41, 5.74) is 10.1. The maximum Gasteiger partial charge on any atom is 0.253 e. The first-order valence-electron chi connectivity index (χ1n) is 8.18. The number of aryl methyl sites for hydroxylation is 2. The normalized spacial score (nSPS) is 12.0. The number of hydrogen-bond donors (Lipinski definition) is 1. The van der Waals surface area contributed by atoms with Crippen LogP contribution in [-0.2, 0) is 5.75 Å². The van der Waals surface area contributed by atoms with Crippen molar-refractivity contribution in [3.63, 3.8) is 0 Å². The molecule has 0 radical (unpaired) electrons. The van der Waals surface area contributed by atoms with Gasteiger partial charge in [-0.25, -0.2) is 0 Å². The molecule has 1 atom stereocenters. The Balaban J connectivity index is 2.09. The van der Waals surface area contributed by atoms with Crippen molar-refractivity contribution in [2.24, 2.45) is 5.73 Å². The van der Waals surface area contributed by atoms with E-state index in [4.69, 9.17) is 5.73 Å². The average molecular weight is 343 g/mol. The number of amides is 1. The smallest absolute Gasteiger partial charge is 0.253 e. The lowest BCUT2D eigenvalue weighted by Gasteiger charge is -2.23. The zero-order valence-corrected chi connectivity index (χ0v) is 15.7. The van der Waals surface area contributed by atoms with E-state index in [1.165, 1.54) is 16.0 Å². The van der Waals surface area contributed by atoms with Crippen LogP contribution in [0.2, 0.25) is 0 Å². The van der Waals surface area contributed by atoms with Gasteiger partial charge in [-0.2, -0.15) is 0 Å². The highest BCUT2D eigenvalue weighted by molar-refractivity contribution is 7.98. The van der Waals surface area contributed by atoms with E-state index < -0.39 is 0 Å². The molecule has 24 heavy (non-hydrogen) atoms. The van der Waals surface area contributed by atoms with Crippen molar-refractivity contribution in [1.82, 2.24) is 4.90 Å². The maximum absolute atomic E-state index is 12.5. The van der Waals surface area contributed by atoms with E-state index in [0.717, 1.165) is 16.9 Å². The minimum Gasteiger partial charge on any atom is -0.338 e. The molecule has 2 aromatic rings. The topological polar surface area (TPSA) is 46.3 Å². The Bertz CT molecular complexity index is 715. The van der Waals surface area contributed by atoms with E-state index in [1.54, 1.807) is 23.7 Å². The number of rotatable bonds is 6. The third-order valence-corrected chi connectivity index (χ3v) is 5.47. The molecular weight excluding hydrogens is 316 g/mol. The van der Waals surface area contributed by atoms with Gasteiger partial charge in [0.15, 0.2) is 0 Å². The average Bonchev–Trinajstić information content (AvgIpc) is 2.59. The van der Waals surface area contributed by atoms with E-state index in [2.05, 4.69) is 38.1 Å². The number of thioether (sulfide) groups is 1. The number of hydrogen-bond acceptors (Lipinski definition) is 3. The first-order valence-corrected chi connectivity index (χ1v) is 9.17. The van der Waals surface area contributed by atoms with Gasteiger partial charge >= 0.3 is 0 Å². The fourth-order valence-corrected chi connectivity index (χ4v) is 3.43. The summed E-state index contributed by atoms with van der Waals surface area (Å²) >= 11 is 1.80. The van der Waals surface area contributed by atoms with Gasteiger partial charge in [0.2, 0.25) is 0 Å². The van der Waals surface area contributed by atoms with Crippen molar-refractivity contribution in [1.29, 1.82) is 0 Å². The summed E-state index contributed by atoms with van der Waals surface area (Å²) in [6.45, 7) is 6.66. The number of nitrogens with zero attached hydrogens (tertiary/aromatic N) is 1. The second-order valence-electron chi connectivity index (χ2n) is 6.26. The van der Waals surface area contributed by atoms with Crippen molar-refractivity contribution in [2.75, 3.05) is 13.6 Å². The zero-order chi connectivity index (χ0) is 17.7. The molecular formula is C20H26N2OS. The largest absolute Gasteiger partial charge is 0.338 e. The Hall–Kier alpha value is -1.78. The van der Waals surface area contributed by atoms with Crippen molar-refractivity contribution >= 4 is 17.7 Å². The molecule has 0 aliphatic carbocycles. The van der Waals surface area contributed by atoms with Crippen LogP contribution in [0.15, 0.2) is 47.4 Å². The molecule has 1 unspecified atom stereocenters. The maximum atomic E-state index is 12.5. The molecule has 0 saturated carbocycles. The van der Waals surface area contributed by atoms with Crippen LogP contribution in [0.3, 0.4) is 0 Å². The van der Waals surface area contributed by atoms with E-state index in [0.29, 0.717) is 6.54 Å². The standard InChI is InChI=1S/C20H26N2OS/c1-14-8-9-19(15(2)10-14)24-13-17-6-5-7-18(11-17)20(23)22(4)16(3)12-21/h5-11,16H,12-13,21H2,1-4H3. The highest BCUT2D eigenvalue weighted by atomic mass is 32.2. The molecule has 3 nitrogen and oxygen atoms in total. The van der Waals surface area contributed by atoms with Crippen molar-refractivity contribution in [3.8, 4) is 0 Å². The summed E-state index contributed by atoms with van der Waals surface area (Å²) in [5.74, 6) is 0.868. The Morgan fingerprint density at radius 2 is 1.96 bits per heavy atom. The number of likely N-dealkylation sites (N-methyl/N-ethyl adjacent to an activating group) is 1. The Morgan fingerprint density at radius 3 is 2.62 bits per heavy atom. The molecule has 0 aliphatic rings. The molecule has 0 aromatic heterocycles. The molecule has 0 saturated heterocycles. The third-order valence-electron chi connectivity index (χ3n) is 4.22. The number of nitrogens with two attached hydrogens (primary N) is 1. The first-order chi connectivity index (χ1) is 11.4. The zero-order valence-electron chi connectivity index (χ0n) is 14.9. The van der Waals surface area contributed by atoms with Crippen LogP contribution in [0.1, 0.15) is 34.0 Å². The number of benzene rings is 2. The number of carbonyl (C=O) groups excluding carboxylic acids is 1. The summed E-state index contributed by atoms with van der Waals surface area (Å²) in [7, 11) is 1.80. The first kappa shape index (κ1) is 18.6. The van der Waals surface area contributed by atoms with Gasteiger partial charge in [-0.3, -0.25) is 4.79 Å². The van der Waals surface area contributed by atoms with Crippen molar-refractivity contribution in [3.05, 3.63) is 64.7 Å². The molecule has 128 valence electrons. The van der Waals surface area contributed by atoms with Gasteiger partial charge in [0.1, 0.15) is 0 Å². The number of carbonyl (C=O) groups is 1. The minimum atomic E-state index is 0.0197. The molecule has 1 amide bonds. The Kier molecular flexibility index (Phi) is 6.46. The predicted octanol–water partition coefficient (Wildman–Crippen LogP) is 4.01. The Labute approximate surface area is 149 Å². The minimum absolute atomic E-state index is 0.0197. The molecule has 2 N–H and O–H groups in total. The lowest BCUT2D eigenvalue weighted by atomic mass is 10.1. The fraction of sp³-hybridized carbons (Fsp3) is 0.350.